The standard InChI is InChI=1S/C29H34F3N5O5/c1-16-22(26(38)36-19-9-11-37(12-10-19)42-27(39)41-28(2,3)4)24-25(35-16)23(33-15-34-24)20-13-18(29(30,31)32)7-8-21(20)40-14-17-5-6-17/h7-8,13,15,17,19,35H,5-6,9-12,14H2,1-4H3,(H,36,38). The largest absolute Gasteiger partial charge is 0.528 e. The van der Waals surface area contributed by atoms with Gasteiger partial charge in [0, 0.05) is 30.4 Å². The molecule has 1 aliphatic heterocycles. The molecule has 2 aliphatic rings. The van der Waals surface area contributed by atoms with Crippen molar-refractivity contribution >= 4 is 23.1 Å². The van der Waals surface area contributed by atoms with Gasteiger partial charge in [-0.05, 0) is 77.5 Å². The fourth-order valence-electron chi connectivity index (χ4n) is 4.84. The number of H-pyrrole nitrogens is 1. The van der Waals surface area contributed by atoms with Gasteiger partial charge in [0.05, 0.1) is 23.3 Å². The van der Waals surface area contributed by atoms with Crippen molar-refractivity contribution in [1.29, 1.82) is 0 Å². The number of rotatable bonds is 7. The molecule has 1 saturated heterocycles. The second-order valence-electron chi connectivity index (χ2n) is 11.8. The van der Waals surface area contributed by atoms with E-state index in [1.165, 1.54) is 17.5 Å². The van der Waals surface area contributed by atoms with Gasteiger partial charge in [-0.15, -0.1) is 5.06 Å². The zero-order chi connectivity index (χ0) is 30.2. The van der Waals surface area contributed by atoms with Crippen LogP contribution in [-0.4, -0.2) is 63.4 Å². The summed E-state index contributed by atoms with van der Waals surface area (Å²) in [5, 5.41) is 4.52. The van der Waals surface area contributed by atoms with E-state index in [-0.39, 0.29) is 34.5 Å². The Balaban J connectivity index is 1.35. The van der Waals surface area contributed by atoms with Crippen LogP contribution in [0.5, 0.6) is 5.75 Å². The highest BCUT2D eigenvalue weighted by Crippen LogP contribution is 2.40. The molecule has 13 heteroatoms. The van der Waals surface area contributed by atoms with Gasteiger partial charge in [-0.3, -0.25) is 4.79 Å². The summed E-state index contributed by atoms with van der Waals surface area (Å²) in [4.78, 5) is 42.4. The molecular formula is C29H34F3N5O5. The second kappa shape index (κ2) is 11.4. The van der Waals surface area contributed by atoms with Crippen LogP contribution in [0.4, 0.5) is 18.0 Å². The molecule has 1 aliphatic carbocycles. The molecule has 0 unspecified atom stereocenters. The molecule has 1 amide bonds. The van der Waals surface area contributed by atoms with Crippen molar-refractivity contribution < 1.29 is 37.1 Å². The Morgan fingerprint density at radius 2 is 1.81 bits per heavy atom. The number of aryl methyl sites for hydroxylation is 1. The number of halogens is 3. The number of hydroxylamine groups is 2. The van der Waals surface area contributed by atoms with E-state index in [0.29, 0.717) is 55.2 Å². The maximum atomic E-state index is 13.6. The summed E-state index contributed by atoms with van der Waals surface area (Å²) >= 11 is 0. The molecule has 0 radical (unpaired) electrons. The number of piperidine rings is 1. The van der Waals surface area contributed by atoms with Crippen molar-refractivity contribution in [1.82, 2.24) is 25.3 Å². The lowest BCUT2D eigenvalue weighted by molar-refractivity contribution is -0.152. The quantitative estimate of drug-likeness (QED) is 0.332. The van der Waals surface area contributed by atoms with Crippen LogP contribution in [-0.2, 0) is 15.8 Å². The number of carbonyl (C=O) groups is 2. The zero-order valence-electron chi connectivity index (χ0n) is 23.9. The SMILES string of the molecule is Cc1[nH]c2c(-c3cc(C(F)(F)F)ccc3OCC3CC3)ncnc2c1C(=O)NC1CCN(OC(=O)OC(C)(C)C)CC1. The van der Waals surface area contributed by atoms with Gasteiger partial charge in [0.1, 0.15) is 28.9 Å². The van der Waals surface area contributed by atoms with E-state index in [9.17, 15) is 22.8 Å². The number of fused-ring (bicyclic) bond motifs is 1. The van der Waals surface area contributed by atoms with E-state index >= 15 is 0 Å². The highest BCUT2D eigenvalue weighted by atomic mass is 19.4. The lowest BCUT2D eigenvalue weighted by Gasteiger charge is -2.31. The lowest BCUT2D eigenvalue weighted by Crippen LogP contribution is -2.45. The van der Waals surface area contributed by atoms with Crippen molar-refractivity contribution in [3.05, 3.63) is 41.3 Å². The maximum absolute atomic E-state index is 13.6. The molecule has 0 bridgehead atoms. The van der Waals surface area contributed by atoms with E-state index in [1.54, 1.807) is 27.7 Å². The molecule has 0 spiro atoms. The minimum absolute atomic E-state index is 0.170. The molecule has 3 aromatic rings. The van der Waals surface area contributed by atoms with E-state index in [4.69, 9.17) is 14.3 Å². The molecule has 2 N–H and O–H groups in total. The smallest absolute Gasteiger partial charge is 0.493 e. The summed E-state index contributed by atoms with van der Waals surface area (Å²) in [6.07, 6.45) is -0.990. The Labute approximate surface area is 240 Å². The number of nitrogens with one attached hydrogen (secondary N) is 2. The third kappa shape index (κ3) is 6.94. The highest BCUT2D eigenvalue weighted by Gasteiger charge is 2.33. The van der Waals surface area contributed by atoms with Crippen LogP contribution in [0.3, 0.4) is 0 Å². The van der Waals surface area contributed by atoms with Gasteiger partial charge >= 0.3 is 12.3 Å². The van der Waals surface area contributed by atoms with Gasteiger partial charge < -0.3 is 24.6 Å². The van der Waals surface area contributed by atoms with E-state index in [2.05, 4.69) is 20.3 Å². The van der Waals surface area contributed by atoms with E-state index < -0.39 is 23.5 Å². The molecule has 10 nitrogen and oxygen atoms in total. The fraction of sp³-hybridized carbons (Fsp3) is 0.517. The number of benzene rings is 1. The molecule has 226 valence electrons. The number of alkyl halides is 3. The van der Waals surface area contributed by atoms with Crippen molar-refractivity contribution in [2.75, 3.05) is 19.7 Å². The normalized spacial score (nSPS) is 16.8. The van der Waals surface area contributed by atoms with Gasteiger partial charge in [0.2, 0.25) is 0 Å². The van der Waals surface area contributed by atoms with Crippen LogP contribution in [0.15, 0.2) is 24.5 Å². The minimum atomic E-state index is -4.56. The van der Waals surface area contributed by atoms with Crippen molar-refractivity contribution in [3.8, 4) is 17.0 Å². The molecule has 0 atom stereocenters. The third-order valence-corrected chi connectivity index (χ3v) is 7.11. The molecule has 3 heterocycles. The predicted molar refractivity (Wildman–Crippen MR) is 147 cm³/mol. The van der Waals surface area contributed by atoms with Crippen LogP contribution in [0, 0.1) is 12.8 Å². The lowest BCUT2D eigenvalue weighted by atomic mass is 10.0. The number of amides is 1. The number of aromatic nitrogens is 3. The van der Waals surface area contributed by atoms with Crippen LogP contribution < -0.4 is 10.1 Å². The minimum Gasteiger partial charge on any atom is -0.493 e. The number of hydrogen-bond acceptors (Lipinski definition) is 8. The summed E-state index contributed by atoms with van der Waals surface area (Å²) in [7, 11) is 0. The molecule has 1 saturated carbocycles. The number of carbonyl (C=O) groups excluding carboxylic acids is 2. The van der Waals surface area contributed by atoms with Crippen molar-refractivity contribution in [2.45, 2.75) is 71.2 Å². The fourth-order valence-corrected chi connectivity index (χ4v) is 4.84. The number of hydrogen-bond donors (Lipinski definition) is 2. The van der Waals surface area contributed by atoms with Gasteiger partial charge in [-0.25, -0.2) is 14.8 Å². The Kier molecular flexibility index (Phi) is 8.06. The van der Waals surface area contributed by atoms with Gasteiger partial charge in [0.25, 0.3) is 5.91 Å². The van der Waals surface area contributed by atoms with Crippen molar-refractivity contribution in [3.63, 3.8) is 0 Å². The first-order valence-electron chi connectivity index (χ1n) is 13.9. The summed E-state index contributed by atoms with van der Waals surface area (Å²) < 4.78 is 52.0. The van der Waals surface area contributed by atoms with Crippen LogP contribution in [0.1, 0.15) is 68.1 Å². The Bertz CT molecular complexity index is 1470. The molecule has 2 fully saturated rings. The predicted octanol–water partition coefficient (Wildman–Crippen LogP) is 5.80. The van der Waals surface area contributed by atoms with Crippen LogP contribution in [0.25, 0.3) is 22.3 Å². The zero-order valence-corrected chi connectivity index (χ0v) is 23.9. The van der Waals surface area contributed by atoms with E-state index in [1.807, 2.05) is 0 Å². The summed E-state index contributed by atoms with van der Waals surface area (Å²) in [6, 6.07) is 3.14. The third-order valence-electron chi connectivity index (χ3n) is 7.11. The van der Waals surface area contributed by atoms with Gasteiger partial charge in [-0.2, -0.15) is 13.2 Å². The molecule has 5 rings (SSSR count). The number of nitrogens with zero attached hydrogens (tertiary/aromatic N) is 3. The number of ether oxygens (including phenoxy) is 2. The first-order valence-corrected chi connectivity index (χ1v) is 13.9. The monoisotopic (exact) mass is 589 g/mol. The summed E-state index contributed by atoms with van der Waals surface area (Å²) in [5.74, 6) is 0.307. The summed E-state index contributed by atoms with van der Waals surface area (Å²) in [5.41, 5.74) is 0.316. The van der Waals surface area contributed by atoms with E-state index in [0.717, 1.165) is 25.0 Å². The average Bonchev–Trinajstić information content (AvgIpc) is 3.66. The Morgan fingerprint density at radius 3 is 2.45 bits per heavy atom. The molecular weight excluding hydrogens is 555 g/mol. The second-order valence-corrected chi connectivity index (χ2v) is 11.8. The van der Waals surface area contributed by atoms with Crippen molar-refractivity contribution in [2.24, 2.45) is 5.92 Å². The topological polar surface area (TPSA) is 119 Å². The average molecular weight is 590 g/mol. The first-order chi connectivity index (χ1) is 19.8. The molecule has 2 aromatic heterocycles. The van der Waals surface area contributed by atoms with Crippen LogP contribution >= 0.6 is 0 Å². The summed E-state index contributed by atoms with van der Waals surface area (Å²) in [6.45, 7) is 8.17. The molecule has 42 heavy (non-hydrogen) atoms. The number of aromatic amines is 1. The first kappa shape index (κ1) is 29.6. The van der Waals surface area contributed by atoms with Gasteiger partial charge in [-0.1, -0.05) is 0 Å². The molecule has 1 aromatic carbocycles. The highest BCUT2D eigenvalue weighted by molar-refractivity contribution is 6.09. The van der Waals surface area contributed by atoms with Crippen LogP contribution in [0.2, 0.25) is 0 Å². The Hall–Kier alpha value is -3.87. The maximum Gasteiger partial charge on any atom is 0.528 e. The Morgan fingerprint density at radius 1 is 1.10 bits per heavy atom. The van der Waals surface area contributed by atoms with Gasteiger partial charge in [0.15, 0.2) is 0 Å².